The van der Waals surface area contributed by atoms with Crippen molar-refractivity contribution in [2.24, 2.45) is 0 Å². The van der Waals surface area contributed by atoms with E-state index in [1.165, 1.54) is 4.90 Å². The van der Waals surface area contributed by atoms with Gasteiger partial charge in [0, 0.05) is 6.54 Å². The number of carbonyl (C=O) groups is 2. The molecule has 0 aromatic carbocycles. The molecule has 2 heterocycles. The summed E-state index contributed by atoms with van der Waals surface area (Å²) in [5.74, 6) is -1.23. The zero-order valence-electron chi connectivity index (χ0n) is 9.34. The molecule has 1 saturated heterocycles. The summed E-state index contributed by atoms with van der Waals surface area (Å²) in [7, 11) is 0. The van der Waals surface area contributed by atoms with E-state index in [0.717, 1.165) is 17.8 Å². The number of thiazole rings is 1. The Morgan fingerprint density at radius 1 is 1.59 bits per heavy atom. The van der Waals surface area contributed by atoms with E-state index in [9.17, 15) is 9.59 Å². The molecule has 0 bridgehead atoms. The lowest BCUT2D eigenvalue weighted by atomic mass is 10.2. The Hall–Kier alpha value is -1.63. The summed E-state index contributed by atoms with van der Waals surface area (Å²) in [5, 5.41) is 9.35. The molecule has 0 spiro atoms. The van der Waals surface area contributed by atoms with Crippen LogP contribution in [-0.2, 0) is 4.79 Å². The van der Waals surface area contributed by atoms with Gasteiger partial charge in [-0.3, -0.25) is 4.79 Å². The van der Waals surface area contributed by atoms with Crippen molar-refractivity contribution in [3.8, 4) is 0 Å². The molecule has 1 aliphatic rings. The van der Waals surface area contributed by atoms with Crippen LogP contribution in [-0.4, -0.2) is 39.5 Å². The average molecular weight is 255 g/mol. The lowest BCUT2D eigenvalue weighted by molar-refractivity contribution is -0.141. The van der Waals surface area contributed by atoms with Crippen molar-refractivity contribution in [1.82, 2.24) is 9.88 Å². The predicted octanol–water partition coefficient (Wildman–Crippen LogP) is 0.723. The Morgan fingerprint density at radius 3 is 2.82 bits per heavy atom. The van der Waals surface area contributed by atoms with Crippen LogP contribution in [0.25, 0.3) is 0 Å². The molecule has 3 N–H and O–H groups in total. The fourth-order valence-electron chi connectivity index (χ4n) is 2.01. The van der Waals surface area contributed by atoms with Crippen molar-refractivity contribution in [3.63, 3.8) is 0 Å². The van der Waals surface area contributed by atoms with E-state index < -0.39 is 12.0 Å². The van der Waals surface area contributed by atoms with Gasteiger partial charge in [-0.05, 0) is 19.8 Å². The van der Waals surface area contributed by atoms with Crippen LogP contribution in [0.1, 0.15) is 28.2 Å². The molecule has 92 valence electrons. The van der Waals surface area contributed by atoms with Crippen molar-refractivity contribution in [3.05, 3.63) is 10.6 Å². The number of carboxylic acid groups (broad SMARTS) is 1. The summed E-state index contributed by atoms with van der Waals surface area (Å²) in [6.45, 7) is 2.18. The number of aromatic nitrogens is 1. The first-order valence-corrected chi connectivity index (χ1v) is 6.09. The summed E-state index contributed by atoms with van der Waals surface area (Å²) in [5.41, 5.74) is 6.09. The van der Waals surface area contributed by atoms with E-state index >= 15 is 0 Å². The maximum atomic E-state index is 12.2. The van der Waals surface area contributed by atoms with Crippen LogP contribution in [0.5, 0.6) is 0 Å². The van der Waals surface area contributed by atoms with Gasteiger partial charge < -0.3 is 15.7 Å². The standard InChI is InChI=1S/C10H13N3O3S/c1-5-7(17-10(11)12-5)8(14)13-4-2-3-6(13)9(15)16/h6H,2-4H2,1H3,(H2,11,12)(H,15,16). The monoisotopic (exact) mass is 255 g/mol. The number of nitrogens with zero attached hydrogens (tertiary/aromatic N) is 2. The van der Waals surface area contributed by atoms with Gasteiger partial charge in [0.2, 0.25) is 0 Å². The summed E-state index contributed by atoms with van der Waals surface area (Å²) < 4.78 is 0. The average Bonchev–Trinajstić information content (AvgIpc) is 2.83. The number of amides is 1. The predicted molar refractivity (Wildman–Crippen MR) is 63.0 cm³/mol. The van der Waals surface area contributed by atoms with E-state index in [1.54, 1.807) is 6.92 Å². The number of aliphatic carboxylic acids is 1. The normalized spacial score (nSPS) is 19.6. The Bertz CT molecular complexity index is 471. The second-order valence-corrected chi connectivity index (χ2v) is 4.99. The first kappa shape index (κ1) is 11.8. The number of likely N-dealkylation sites (tertiary alicyclic amines) is 1. The number of aryl methyl sites for hydroxylation is 1. The maximum absolute atomic E-state index is 12.2. The molecule has 1 unspecified atom stereocenters. The Labute approximate surface area is 102 Å². The summed E-state index contributed by atoms with van der Waals surface area (Å²) in [6.07, 6.45) is 1.23. The molecular weight excluding hydrogens is 242 g/mol. The van der Waals surface area contributed by atoms with Crippen LogP contribution >= 0.6 is 11.3 Å². The van der Waals surface area contributed by atoms with Gasteiger partial charge in [-0.25, -0.2) is 9.78 Å². The summed E-state index contributed by atoms with van der Waals surface area (Å²) in [6, 6.07) is -0.717. The number of hydrogen-bond acceptors (Lipinski definition) is 5. The minimum Gasteiger partial charge on any atom is -0.480 e. The third-order valence-electron chi connectivity index (χ3n) is 2.81. The van der Waals surface area contributed by atoms with Crippen molar-refractivity contribution in [2.75, 3.05) is 12.3 Å². The largest absolute Gasteiger partial charge is 0.480 e. The third-order valence-corrected chi connectivity index (χ3v) is 3.78. The molecule has 1 amide bonds. The third kappa shape index (κ3) is 2.10. The molecular formula is C10H13N3O3S. The fourth-order valence-corrected chi connectivity index (χ4v) is 2.80. The van der Waals surface area contributed by atoms with Gasteiger partial charge in [0.15, 0.2) is 5.13 Å². The topological polar surface area (TPSA) is 96.5 Å². The Balaban J connectivity index is 2.25. The number of anilines is 1. The van der Waals surface area contributed by atoms with Crippen LogP contribution in [0.4, 0.5) is 5.13 Å². The molecule has 1 aromatic rings. The Morgan fingerprint density at radius 2 is 2.29 bits per heavy atom. The van der Waals surface area contributed by atoms with Crippen molar-refractivity contribution in [2.45, 2.75) is 25.8 Å². The molecule has 1 fully saturated rings. The van der Waals surface area contributed by atoms with Crippen LogP contribution < -0.4 is 5.73 Å². The molecule has 0 aliphatic carbocycles. The molecule has 0 radical (unpaired) electrons. The van der Waals surface area contributed by atoms with Crippen LogP contribution in [0.15, 0.2) is 0 Å². The van der Waals surface area contributed by atoms with E-state index in [0.29, 0.717) is 28.7 Å². The molecule has 2 rings (SSSR count). The molecule has 1 atom stereocenters. The van der Waals surface area contributed by atoms with E-state index in [-0.39, 0.29) is 5.91 Å². The molecule has 1 aromatic heterocycles. The number of hydrogen-bond donors (Lipinski definition) is 2. The van der Waals surface area contributed by atoms with Crippen LogP contribution in [0, 0.1) is 6.92 Å². The quantitative estimate of drug-likeness (QED) is 0.811. The van der Waals surface area contributed by atoms with E-state index in [4.69, 9.17) is 10.8 Å². The van der Waals surface area contributed by atoms with Gasteiger partial charge in [-0.1, -0.05) is 11.3 Å². The first-order chi connectivity index (χ1) is 8.00. The van der Waals surface area contributed by atoms with Gasteiger partial charge >= 0.3 is 5.97 Å². The molecule has 1 aliphatic heterocycles. The zero-order chi connectivity index (χ0) is 12.6. The number of rotatable bonds is 2. The molecule has 7 heteroatoms. The molecule has 6 nitrogen and oxygen atoms in total. The van der Waals surface area contributed by atoms with Crippen molar-refractivity contribution < 1.29 is 14.7 Å². The maximum Gasteiger partial charge on any atom is 0.326 e. The van der Waals surface area contributed by atoms with E-state index in [1.807, 2.05) is 0 Å². The van der Waals surface area contributed by atoms with Gasteiger partial charge in [0.05, 0.1) is 5.69 Å². The lowest BCUT2D eigenvalue weighted by Gasteiger charge is -2.20. The van der Waals surface area contributed by atoms with Gasteiger partial charge in [0.25, 0.3) is 5.91 Å². The second-order valence-electron chi connectivity index (χ2n) is 3.96. The van der Waals surface area contributed by atoms with Crippen LogP contribution in [0.3, 0.4) is 0 Å². The first-order valence-electron chi connectivity index (χ1n) is 5.27. The molecule has 0 saturated carbocycles. The van der Waals surface area contributed by atoms with E-state index in [2.05, 4.69) is 4.98 Å². The lowest BCUT2D eigenvalue weighted by Crippen LogP contribution is -2.40. The van der Waals surface area contributed by atoms with Crippen molar-refractivity contribution in [1.29, 1.82) is 0 Å². The summed E-state index contributed by atoms with van der Waals surface area (Å²) in [4.78, 5) is 29.0. The highest BCUT2D eigenvalue weighted by Crippen LogP contribution is 2.26. The van der Waals surface area contributed by atoms with Crippen molar-refractivity contribution >= 4 is 28.3 Å². The van der Waals surface area contributed by atoms with Gasteiger partial charge in [-0.15, -0.1) is 0 Å². The highest BCUT2D eigenvalue weighted by Gasteiger charge is 2.35. The number of nitrogen functional groups attached to an aromatic ring is 1. The smallest absolute Gasteiger partial charge is 0.326 e. The minimum atomic E-state index is -0.953. The highest BCUT2D eigenvalue weighted by atomic mass is 32.1. The SMILES string of the molecule is Cc1nc(N)sc1C(=O)N1CCCC1C(=O)O. The van der Waals surface area contributed by atoms with Gasteiger partial charge in [-0.2, -0.15) is 0 Å². The second kappa shape index (κ2) is 4.33. The number of carboxylic acids is 1. The van der Waals surface area contributed by atoms with Gasteiger partial charge in [0.1, 0.15) is 10.9 Å². The zero-order valence-corrected chi connectivity index (χ0v) is 10.2. The minimum absolute atomic E-state index is 0.276. The number of carbonyl (C=O) groups excluding carboxylic acids is 1. The molecule has 17 heavy (non-hydrogen) atoms. The number of nitrogens with two attached hydrogens (primary N) is 1. The summed E-state index contributed by atoms with van der Waals surface area (Å²) >= 11 is 1.11. The van der Waals surface area contributed by atoms with Crippen LogP contribution in [0.2, 0.25) is 0 Å². The fraction of sp³-hybridized carbons (Fsp3) is 0.500. The highest BCUT2D eigenvalue weighted by molar-refractivity contribution is 7.17. The Kier molecular flexibility index (Phi) is 3.01.